The van der Waals surface area contributed by atoms with E-state index in [0.717, 1.165) is 12.3 Å². The molecule has 0 radical (unpaired) electrons. The second kappa shape index (κ2) is 5.76. The third-order valence-electron chi connectivity index (χ3n) is 3.49. The molecule has 1 aromatic rings. The number of aromatic nitrogens is 1. The Balaban J connectivity index is 2.09. The summed E-state index contributed by atoms with van der Waals surface area (Å²) < 4.78 is 51.6. The van der Waals surface area contributed by atoms with E-state index in [0.29, 0.717) is 12.8 Å². The van der Waals surface area contributed by atoms with E-state index in [1.165, 1.54) is 6.07 Å². The molecule has 1 heterocycles. The Labute approximate surface area is 113 Å². The summed E-state index contributed by atoms with van der Waals surface area (Å²) >= 11 is 0. The van der Waals surface area contributed by atoms with Crippen LogP contribution in [0.2, 0.25) is 0 Å². The summed E-state index contributed by atoms with van der Waals surface area (Å²) in [5, 5.41) is 2.37. The molecule has 1 aromatic heterocycles. The number of rotatable bonds is 2. The Bertz CT molecular complexity index is 490. The number of hydrogen-bond acceptors (Lipinski definition) is 2. The SMILES string of the molecule is O=C(NC1CCCCC1C(F)(F)F)c1ccnc(F)c1. The summed E-state index contributed by atoms with van der Waals surface area (Å²) in [6.07, 6.45) is -1.79. The molecule has 2 rings (SSSR count). The lowest BCUT2D eigenvalue weighted by atomic mass is 9.84. The highest BCUT2D eigenvalue weighted by atomic mass is 19.4. The fourth-order valence-corrected chi connectivity index (χ4v) is 2.49. The molecule has 1 aliphatic rings. The molecule has 2 unspecified atom stereocenters. The summed E-state index contributed by atoms with van der Waals surface area (Å²) in [5.74, 6) is -3.08. The van der Waals surface area contributed by atoms with E-state index in [-0.39, 0.29) is 18.4 Å². The van der Waals surface area contributed by atoms with Gasteiger partial charge in [-0.2, -0.15) is 17.6 Å². The molecule has 0 aromatic carbocycles. The number of nitrogens with one attached hydrogen (secondary N) is 1. The zero-order valence-corrected chi connectivity index (χ0v) is 10.6. The predicted octanol–water partition coefficient (Wildman–Crippen LogP) is 3.07. The highest BCUT2D eigenvalue weighted by Gasteiger charge is 2.45. The number of nitrogens with zero attached hydrogens (tertiary/aromatic N) is 1. The molecule has 7 heteroatoms. The predicted molar refractivity (Wildman–Crippen MR) is 63.5 cm³/mol. The number of hydrogen-bond donors (Lipinski definition) is 1. The van der Waals surface area contributed by atoms with Gasteiger partial charge in [0, 0.05) is 23.9 Å². The first-order chi connectivity index (χ1) is 9.38. The number of carbonyl (C=O) groups is 1. The van der Waals surface area contributed by atoms with Crippen molar-refractivity contribution in [1.82, 2.24) is 10.3 Å². The fourth-order valence-electron chi connectivity index (χ4n) is 2.49. The molecule has 1 N–H and O–H groups in total. The van der Waals surface area contributed by atoms with Crippen molar-refractivity contribution in [1.29, 1.82) is 0 Å². The maximum Gasteiger partial charge on any atom is 0.393 e. The zero-order valence-electron chi connectivity index (χ0n) is 10.6. The van der Waals surface area contributed by atoms with Gasteiger partial charge in [-0.3, -0.25) is 4.79 Å². The lowest BCUT2D eigenvalue weighted by Crippen LogP contribution is -2.47. The zero-order chi connectivity index (χ0) is 14.8. The minimum absolute atomic E-state index is 0.0130. The average molecular weight is 290 g/mol. The summed E-state index contributed by atoms with van der Waals surface area (Å²) in [5.41, 5.74) is -0.0241. The summed E-state index contributed by atoms with van der Waals surface area (Å²) in [6.45, 7) is 0. The number of amides is 1. The molecule has 2 atom stereocenters. The molecule has 0 aliphatic heterocycles. The number of alkyl halides is 3. The molecule has 1 amide bonds. The van der Waals surface area contributed by atoms with Gasteiger partial charge < -0.3 is 5.32 Å². The highest BCUT2D eigenvalue weighted by Crippen LogP contribution is 2.37. The Morgan fingerprint density at radius 1 is 1.30 bits per heavy atom. The molecule has 1 saturated carbocycles. The van der Waals surface area contributed by atoms with E-state index >= 15 is 0 Å². The standard InChI is InChI=1S/C13H14F4N2O/c14-11-7-8(5-6-18-11)12(20)19-10-4-2-1-3-9(10)13(15,16)17/h5-7,9-10H,1-4H2,(H,19,20). The van der Waals surface area contributed by atoms with Gasteiger partial charge in [0.1, 0.15) is 0 Å². The average Bonchev–Trinajstić information content (AvgIpc) is 2.38. The first kappa shape index (κ1) is 14.7. The number of pyridine rings is 1. The van der Waals surface area contributed by atoms with E-state index in [4.69, 9.17) is 0 Å². The van der Waals surface area contributed by atoms with Crippen molar-refractivity contribution in [2.24, 2.45) is 5.92 Å². The maximum atomic E-state index is 12.9. The molecule has 1 fully saturated rings. The molecule has 1 aliphatic carbocycles. The Kier molecular flexibility index (Phi) is 4.25. The first-order valence-corrected chi connectivity index (χ1v) is 6.37. The van der Waals surface area contributed by atoms with Crippen molar-refractivity contribution in [3.8, 4) is 0 Å². The van der Waals surface area contributed by atoms with Crippen LogP contribution in [0.1, 0.15) is 36.0 Å². The van der Waals surface area contributed by atoms with Crippen molar-refractivity contribution in [2.75, 3.05) is 0 Å². The largest absolute Gasteiger partial charge is 0.393 e. The van der Waals surface area contributed by atoms with Crippen molar-refractivity contribution in [2.45, 2.75) is 37.9 Å². The Morgan fingerprint density at radius 2 is 2.00 bits per heavy atom. The lowest BCUT2D eigenvalue weighted by molar-refractivity contribution is -0.187. The van der Waals surface area contributed by atoms with Crippen LogP contribution >= 0.6 is 0 Å². The van der Waals surface area contributed by atoms with E-state index in [1.807, 2.05) is 0 Å². The molecular weight excluding hydrogens is 276 g/mol. The quantitative estimate of drug-likeness (QED) is 0.672. The van der Waals surface area contributed by atoms with Crippen molar-refractivity contribution >= 4 is 5.91 Å². The summed E-state index contributed by atoms with van der Waals surface area (Å²) in [6, 6.07) is 1.22. The van der Waals surface area contributed by atoms with E-state index in [1.54, 1.807) is 0 Å². The molecule has 3 nitrogen and oxygen atoms in total. The monoisotopic (exact) mass is 290 g/mol. The second-order valence-electron chi connectivity index (χ2n) is 4.88. The lowest BCUT2D eigenvalue weighted by Gasteiger charge is -2.33. The van der Waals surface area contributed by atoms with Gasteiger partial charge in [0.05, 0.1) is 5.92 Å². The van der Waals surface area contributed by atoms with Crippen LogP contribution in [-0.2, 0) is 0 Å². The van der Waals surface area contributed by atoms with E-state index in [9.17, 15) is 22.4 Å². The Hall–Kier alpha value is -1.66. The van der Waals surface area contributed by atoms with Gasteiger partial charge in [0.15, 0.2) is 0 Å². The molecule has 0 spiro atoms. The van der Waals surface area contributed by atoms with Crippen LogP contribution in [0, 0.1) is 11.9 Å². The number of carbonyl (C=O) groups excluding carboxylic acids is 1. The second-order valence-corrected chi connectivity index (χ2v) is 4.88. The van der Waals surface area contributed by atoms with Gasteiger partial charge in [-0.1, -0.05) is 12.8 Å². The number of halogens is 4. The van der Waals surface area contributed by atoms with E-state index < -0.39 is 30.0 Å². The van der Waals surface area contributed by atoms with Gasteiger partial charge in [-0.25, -0.2) is 4.98 Å². The third kappa shape index (κ3) is 3.46. The molecule has 20 heavy (non-hydrogen) atoms. The van der Waals surface area contributed by atoms with Crippen LogP contribution in [0.5, 0.6) is 0 Å². The van der Waals surface area contributed by atoms with Crippen molar-refractivity contribution in [3.05, 3.63) is 29.8 Å². The molecule has 0 bridgehead atoms. The van der Waals surface area contributed by atoms with Gasteiger partial charge in [-0.05, 0) is 18.9 Å². The topological polar surface area (TPSA) is 42.0 Å². The summed E-state index contributed by atoms with van der Waals surface area (Å²) in [4.78, 5) is 15.2. The van der Waals surface area contributed by atoms with Crippen molar-refractivity contribution in [3.63, 3.8) is 0 Å². The minimum Gasteiger partial charge on any atom is -0.349 e. The third-order valence-corrected chi connectivity index (χ3v) is 3.49. The van der Waals surface area contributed by atoms with Crippen LogP contribution in [0.25, 0.3) is 0 Å². The normalized spacial score (nSPS) is 23.4. The minimum atomic E-state index is -4.33. The molecular formula is C13H14F4N2O. The van der Waals surface area contributed by atoms with Crippen molar-refractivity contribution < 1.29 is 22.4 Å². The molecule has 110 valence electrons. The summed E-state index contributed by atoms with van der Waals surface area (Å²) in [7, 11) is 0. The van der Waals surface area contributed by atoms with E-state index in [2.05, 4.69) is 10.3 Å². The van der Waals surface area contributed by atoms with Gasteiger partial charge >= 0.3 is 6.18 Å². The first-order valence-electron chi connectivity index (χ1n) is 6.37. The van der Waals surface area contributed by atoms with Gasteiger partial charge in [0.2, 0.25) is 5.95 Å². The van der Waals surface area contributed by atoms with Crippen LogP contribution in [0.3, 0.4) is 0 Å². The molecule has 0 saturated heterocycles. The van der Waals surface area contributed by atoms with Crippen LogP contribution in [-0.4, -0.2) is 23.1 Å². The Morgan fingerprint density at radius 3 is 2.65 bits per heavy atom. The van der Waals surface area contributed by atoms with Gasteiger partial charge in [-0.15, -0.1) is 0 Å². The van der Waals surface area contributed by atoms with Crippen LogP contribution < -0.4 is 5.32 Å². The highest BCUT2D eigenvalue weighted by molar-refractivity contribution is 5.94. The van der Waals surface area contributed by atoms with Crippen LogP contribution in [0.15, 0.2) is 18.3 Å². The fraction of sp³-hybridized carbons (Fsp3) is 0.538. The maximum absolute atomic E-state index is 12.9. The smallest absolute Gasteiger partial charge is 0.349 e. The van der Waals surface area contributed by atoms with Crippen LogP contribution in [0.4, 0.5) is 17.6 Å². The van der Waals surface area contributed by atoms with Gasteiger partial charge in [0.25, 0.3) is 5.91 Å².